The fraction of sp³-hybridized carbons (Fsp3) is 1.00. The van der Waals surface area contributed by atoms with E-state index in [1.165, 1.54) is 0 Å². The Balaban J connectivity index is -0.000000256. The first-order valence-electron chi connectivity index (χ1n) is 6.82. The molecule has 0 aliphatic heterocycles. The quantitative estimate of drug-likeness (QED) is 0.491. The van der Waals surface area contributed by atoms with Crippen molar-refractivity contribution in [2.75, 3.05) is 24.6 Å². The van der Waals surface area contributed by atoms with Crippen molar-refractivity contribution in [1.29, 1.82) is 0 Å². The maximum Gasteiger partial charge on any atom is 2.00 e. The zero-order chi connectivity index (χ0) is 14.7. The van der Waals surface area contributed by atoms with Crippen LogP contribution in [-0.2, 0) is 26.2 Å². The van der Waals surface area contributed by atoms with Gasteiger partial charge in [0, 0.05) is 14.7 Å². The van der Waals surface area contributed by atoms with E-state index in [1.807, 2.05) is 13.8 Å². The van der Waals surface area contributed by atoms with Crippen LogP contribution in [0.1, 0.15) is 53.4 Å². The summed E-state index contributed by atoms with van der Waals surface area (Å²) in [6.45, 7) is 7.39. The fourth-order valence-corrected chi connectivity index (χ4v) is 3.34. The van der Waals surface area contributed by atoms with E-state index < -0.39 is 14.7 Å². The average molecular weight is 362 g/mol. The van der Waals surface area contributed by atoms with E-state index >= 15 is 0 Å². The molecule has 0 amide bonds. The monoisotopic (exact) mass is 361 g/mol. The first kappa shape index (κ1) is 24.9. The van der Waals surface area contributed by atoms with Crippen molar-refractivity contribution in [2.45, 2.75) is 53.4 Å². The molecule has 0 saturated carbocycles. The second kappa shape index (κ2) is 13.9. The van der Waals surface area contributed by atoms with Gasteiger partial charge in [0.2, 0.25) is 0 Å². The van der Waals surface area contributed by atoms with Gasteiger partial charge in [0.25, 0.3) is 0 Å². The van der Waals surface area contributed by atoms with E-state index in [4.69, 9.17) is 0 Å². The van der Waals surface area contributed by atoms with Crippen molar-refractivity contribution < 1.29 is 36.0 Å². The van der Waals surface area contributed by atoms with Crippen LogP contribution < -0.4 is 9.79 Å². The van der Waals surface area contributed by atoms with Crippen LogP contribution >= 0.6 is 14.7 Å². The van der Waals surface area contributed by atoms with Crippen LogP contribution in [0.3, 0.4) is 0 Å². The van der Waals surface area contributed by atoms with Crippen molar-refractivity contribution >= 4 is 14.7 Å². The Morgan fingerprint density at radius 1 is 0.737 bits per heavy atom. The Kier molecular flexibility index (Phi) is 18.2. The van der Waals surface area contributed by atoms with Gasteiger partial charge in [-0.25, -0.2) is 0 Å². The van der Waals surface area contributed by atoms with Crippen molar-refractivity contribution in [2.24, 2.45) is 0 Å². The molecular formula is C12H28CuO4P2. The van der Waals surface area contributed by atoms with Crippen molar-refractivity contribution in [1.82, 2.24) is 0 Å². The van der Waals surface area contributed by atoms with Gasteiger partial charge in [0.05, 0.1) is 0 Å². The molecule has 0 aliphatic carbocycles. The van der Waals surface area contributed by atoms with E-state index in [2.05, 4.69) is 0 Å². The van der Waals surface area contributed by atoms with E-state index in [0.29, 0.717) is 24.6 Å². The first-order chi connectivity index (χ1) is 8.24. The second-order valence-corrected chi connectivity index (χ2v) is 9.83. The molecular weight excluding hydrogens is 334 g/mol. The van der Waals surface area contributed by atoms with E-state index in [-0.39, 0.29) is 17.1 Å². The summed E-state index contributed by atoms with van der Waals surface area (Å²) < 4.78 is 21.6. The zero-order valence-electron chi connectivity index (χ0n) is 12.5. The average Bonchev–Trinajstić information content (AvgIpc) is 2.35. The molecule has 2 atom stereocenters. The summed E-state index contributed by atoms with van der Waals surface area (Å²) in [6, 6.07) is 0. The van der Waals surface area contributed by atoms with Gasteiger partial charge in [0.15, 0.2) is 0 Å². The molecule has 121 valence electrons. The molecule has 0 saturated heterocycles. The van der Waals surface area contributed by atoms with Gasteiger partial charge < -0.3 is 18.9 Å². The minimum atomic E-state index is -2.94. The molecule has 19 heavy (non-hydrogen) atoms. The maximum absolute atomic E-state index is 10.8. The van der Waals surface area contributed by atoms with Crippen LogP contribution in [-0.4, -0.2) is 24.6 Å². The van der Waals surface area contributed by atoms with Gasteiger partial charge in [0.1, 0.15) is 0 Å². The van der Waals surface area contributed by atoms with Gasteiger partial charge in [-0.05, 0) is 37.5 Å². The van der Waals surface area contributed by atoms with E-state index in [1.54, 1.807) is 13.8 Å². The van der Waals surface area contributed by atoms with Crippen molar-refractivity contribution in [3.8, 4) is 0 Å². The van der Waals surface area contributed by atoms with Crippen LogP contribution in [0.2, 0.25) is 0 Å². The van der Waals surface area contributed by atoms with Crippen molar-refractivity contribution in [3.63, 3.8) is 0 Å². The molecule has 0 heterocycles. The van der Waals surface area contributed by atoms with Crippen LogP contribution in [0.15, 0.2) is 0 Å². The molecule has 7 heteroatoms. The van der Waals surface area contributed by atoms with E-state index in [0.717, 1.165) is 25.7 Å². The van der Waals surface area contributed by atoms with E-state index in [9.17, 15) is 18.9 Å². The standard InChI is InChI=1S/2C6H15O2P.Cu/c2*1-3-5-6-9(7,8)4-2;/h2*3-6H2,1-2H3,(H,7,8);/q;;+2/p-2. The molecule has 0 aliphatic rings. The maximum atomic E-state index is 10.8. The zero-order valence-corrected chi connectivity index (χ0v) is 15.2. The number of hydrogen-bond acceptors (Lipinski definition) is 4. The van der Waals surface area contributed by atoms with Gasteiger partial charge in [-0.3, -0.25) is 0 Å². The molecule has 0 fully saturated rings. The molecule has 2 unspecified atom stereocenters. The van der Waals surface area contributed by atoms with Gasteiger partial charge in [-0.2, -0.15) is 0 Å². The molecule has 0 rings (SSSR count). The molecule has 0 spiro atoms. The third-order valence-electron chi connectivity index (χ3n) is 2.67. The summed E-state index contributed by atoms with van der Waals surface area (Å²) in [4.78, 5) is 21.6. The molecule has 0 aromatic rings. The van der Waals surface area contributed by atoms with Crippen LogP contribution in [0.25, 0.3) is 0 Å². The third kappa shape index (κ3) is 18.9. The minimum Gasteiger partial charge on any atom is -0.799 e. The Morgan fingerprint density at radius 3 is 1.16 bits per heavy atom. The largest absolute Gasteiger partial charge is 2.00 e. The Morgan fingerprint density at radius 2 is 1.00 bits per heavy atom. The molecule has 1 radical (unpaired) electrons. The summed E-state index contributed by atoms with van der Waals surface area (Å²) in [5, 5.41) is 0. The molecule has 0 bridgehead atoms. The van der Waals surface area contributed by atoms with Gasteiger partial charge in [-0.1, -0.05) is 40.5 Å². The van der Waals surface area contributed by atoms with Crippen LogP contribution in [0.4, 0.5) is 0 Å². The predicted molar refractivity (Wildman–Crippen MR) is 75.8 cm³/mol. The Hall–Kier alpha value is 0.899. The topological polar surface area (TPSA) is 80.3 Å². The SMILES string of the molecule is CCCCP(=O)([O-])CC.CCCCP(=O)([O-])CC.[Cu+2]. The molecule has 0 aromatic heterocycles. The normalized spacial score (nSPS) is 16.3. The molecule has 4 nitrogen and oxygen atoms in total. The fourth-order valence-electron chi connectivity index (χ4n) is 1.11. The first-order valence-corrected chi connectivity index (χ1v) is 10.8. The summed E-state index contributed by atoms with van der Waals surface area (Å²) in [5.74, 6) is 0. The molecule has 0 N–H and O–H groups in total. The van der Waals surface area contributed by atoms with Gasteiger partial charge >= 0.3 is 17.1 Å². The van der Waals surface area contributed by atoms with Gasteiger partial charge in [-0.15, -0.1) is 0 Å². The predicted octanol–water partition coefficient (Wildman–Crippen LogP) is 2.89. The van der Waals surface area contributed by atoms with Crippen LogP contribution in [0.5, 0.6) is 0 Å². The van der Waals surface area contributed by atoms with Crippen molar-refractivity contribution in [3.05, 3.63) is 0 Å². The summed E-state index contributed by atoms with van der Waals surface area (Å²) in [6.07, 6.45) is 4.96. The molecule has 0 aromatic carbocycles. The smallest absolute Gasteiger partial charge is 0.799 e. The van der Waals surface area contributed by atoms with Crippen LogP contribution in [0, 0.1) is 0 Å². The number of hydrogen-bond donors (Lipinski definition) is 0. The minimum absolute atomic E-state index is 0. The third-order valence-corrected chi connectivity index (χ3v) is 6.59. The number of rotatable bonds is 8. The summed E-state index contributed by atoms with van der Waals surface area (Å²) in [7, 11) is -5.88. The Bertz CT molecular complexity index is 257. The summed E-state index contributed by atoms with van der Waals surface area (Å²) in [5.41, 5.74) is 0. The number of unbranched alkanes of at least 4 members (excludes halogenated alkanes) is 2. The second-order valence-electron chi connectivity index (χ2n) is 4.42. The summed E-state index contributed by atoms with van der Waals surface area (Å²) >= 11 is 0. The Labute approximate surface area is 129 Å².